The van der Waals surface area contributed by atoms with Crippen LogP contribution in [0.2, 0.25) is 0 Å². The van der Waals surface area contributed by atoms with Crippen LogP contribution in [-0.2, 0) is 9.53 Å². The third-order valence-corrected chi connectivity index (χ3v) is 7.97. The summed E-state index contributed by atoms with van der Waals surface area (Å²) >= 11 is 3.03. The van der Waals surface area contributed by atoms with Crippen LogP contribution in [0.15, 0.2) is 41.8 Å². The number of hydrogen-bond donors (Lipinski definition) is 0. The van der Waals surface area contributed by atoms with E-state index in [4.69, 9.17) is 9.72 Å². The average molecular weight is 456 g/mol. The number of benzene rings is 1. The molecule has 2 fully saturated rings. The minimum Gasteiger partial charge on any atom is -0.376 e. The molecule has 3 aromatic rings. The molecule has 162 valence electrons. The Morgan fingerprint density at radius 3 is 2.68 bits per heavy atom. The molecule has 1 atom stereocenters. The van der Waals surface area contributed by atoms with Crippen LogP contribution in [0.5, 0.6) is 0 Å². The highest BCUT2D eigenvalue weighted by Gasteiger charge is 2.34. The van der Waals surface area contributed by atoms with E-state index in [1.54, 1.807) is 11.3 Å². The number of aromatic nitrogens is 1. The number of rotatable bonds is 5. The SMILES string of the molecule is O=C(c1cccs1)N1CCC(C(=O)N(C[C@@H]2CCCO2)c2nc3ccccc3s2)CC1. The molecule has 4 heterocycles. The fourth-order valence-electron chi connectivity index (χ4n) is 4.34. The third kappa shape index (κ3) is 4.37. The second kappa shape index (κ2) is 9.06. The van der Waals surface area contributed by atoms with Gasteiger partial charge in [0.2, 0.25) is 5.91 Å². The van der Waals surface area contributed by atoms with Gasteiger partial charge in [0, 0.05) is 25.6 Å². The minimum atomic E-state index is -0.0965. The van der Waals surface area contributed by atoms with Crippen LogP contribution in [0.25, 0.3) is 10.2 Å². The van der Waals surface area contributed by atoms with Gasteiger partial charge in [-0.25, -0.2) is 4.98 Å². The number of thiazole rings is 1. The Morgan fingerprint density at radius 2 is 1.97 bits per heavy atom. The van der Waals surface area contributed by atoms with Gasteiger partial charge < -0.3 is 9.64 Å². The quantitative estimate of drug-likeness (QED) is 0.571. The number of fused-ring (bicyclic) bond motifs is 1. The largest absolute Gasteiger partial charge is 0.376 e. The molecule has 2 aliphatic heterocycles. The van der Waals surface area contributed by atoms with Gasteiger partial charge in [0.25, 0.3) is 5.91 Å². The molecule has 31 heavy (non-hydrogen) atoms. The molecule has 1 aromatic carbocycles. The minimum absolute atomic E-state index is 0.0662. The van der Waals surface area contributed by atoms with E-state index >= 15 is 0 Å². The average Bonchev–Trinajstić information content (AvgIpc) is 3.58. The fraction of sp³-hybridized carbons (Fsp3) is 0.435. The maximum absolute atomic E-state index is 13.6. The van der Waals surface area contributed by atoms with Crippen molar-refractivity contribution >= 4 is 49.8 Å². The van der Waals surface area contributed by atoms with E-state index < -0.39 is 0 Å². The molecule has 5 rings (SSSR count). The Balaban J connectivity index is 1.31. The van der Waals surface area contributed by atoms with Crippen LogP contribution >= 0.6 is 22.7 Å². The number of ether oxygens (including phenoxy) is 1. The van der Waals surface area contributed by atoms with Gasteiger partial charge >= 0.3 is 0 Å². The summed E-state index contributed by atoms with van der Waals surface area (Å²) in [6, 6.07) is 11.8. The highest BCUT2D eigenvalue weighted by Crippen LogP contribution is 2.32. The number of nitrogens with zero attached hydrogens (tertiary/aromatic N) is 3. The van der Waals surface area contributed by atoms with Gasteiger partial charge in [0.05, 0.1) is 27.7 Å². The molecule has 0 saturated carbocycles. The molecule has 0 unspecified atom stereocenters. The van der Waals surface area contributed by atoms with Crippen molar-refractivity contribution in [1.29, 1.82) is 0 Å². The lowest BCUT2D eigenvalue weighted by molar-refractivity contribution is -0.124. The molecule has 0 radical (unpaired) electrons. The van der Waals surface area contributed by atoms with E-state index in [0.717, 1.165) is 39.7 Å². The van der Waals surface area contributed by atoms with Crippen LogP contribution in [0.1, 0.15) is 35.4 Å². The maximum atomic E-state index is 13.6. The van der Waals surface area contributed by atoms with Gasteiger partial charge in [-0.05, 0) is 49.3 Å². The summed E-state index contributed by atoms with van der Waals surface area (Å²) in [7, 11) is 0. The molecule has 6 nitrogen and oxygen atoms in total. The van der Waals surface area contributed by atoms with Gasteiger partial charge in [0.1, 0.15) is 0 Å². The Labute approximate surface area is 189 Å². The van der Waals surface area contributed by atoms with E-state index in [9.17, 15) is 9.59 Å². The molecular weight excluding hydrogens is 430 g/mol. The molecule has 0 spiro atoms. The number of para-hydroxylation sites is 1. The topological polar surface area (TPSA) is 62.7 Å². The van der Waals surface area contributed by atoms with Crippen LogP contribution in [0, 0.1) is 5.92 Å². The number of anilines is 1. The fourth-order valence-corrected chi connectivity index (χ4v) is 6.01. The normalized spacial score (nSPS) is 19.7. The highest BCUT2D eigenvalue weighted by atomic mass is 32.1. The van der Waals surface area contributed by atoms with Crippen LogP contribution in [0.4, 0.5) is 5.13 Å². The number of piperidine rings is 1. The van der Waals surface area contributed by atoms with Gasteiger partial charge in [-0.2, -0.15) is 0 Å². The summed E-state index contributed by atoms with van der Waals surface area (Å²) in [5, 5.41) is 2.67. The van der Waals surface area contributed by atoms with E-state index in [1.165, 1.54) is 11.3 Å². The van der Waals surface area contributed by atoms with E-state index in [-0.39, 0.29) is 23.8 Å². The molecule has 0 N–H and O–H groups in total. The molecule has 2 saturated heterocycles. The lowest BCUT2D eigenvalue weighted by Crippen LogP contribution is -2.46. The Hall–Kier alpha value is -2.29. The predicted molar refractivity (Wildman–Crippen MR) is 124 cm³/mol. The monoisotopic (exact) mass is 455 g/mol. The second-order valence-corrected chi connectivity index (χ2v) is 10.0. The number of carbonyl (C=O) groups is 2. The van der Waals surface area contributed by atoms with E-state index in [2.05, 4.69) is 0 Å². The first-order valence-electron chi connectivity index (χ1n) is 10.8. The van der Waals surface area contributed by atoms with Crippen molar-refractivity contribution in [2.45, 2.75) is 31.8 Å². The second-order valence-electron chi connectivity index (χ2n) is 8.09. The smallest absolute Gasteiger partial charge is 0.263 e. The molecule has 0 bridgehead atoms. The lowest BCUT2D eigenvalue weighted by Gasteiger charge is -2.34. The first kappa shape index (κ1) is 20.6. The first-order chi connectivity index (χ1) is 15.2. The van der Waals surface area contributed by atoms with Gasteiger partial charge in [-0.15, -0.1) is 11.3 Å². The molecular formula is C23H25N3O3S2. The standard InChI is InChI=1S/C23H25N3O3S2/c27-21(16-9-11-25(12-10-16)22(28)20-8-4-14-30-20)26(15-17-5-3-13-29-17)23-24-18-6-1-2-7-19(18)31-23/h1-2,4,6-8,14,16-17H,3,5,9-13,15H2/t17-/m0/s1. The van der Waals surface area contributed by atoms with E-state index in [1.807, 2.05) is 51.6 Å². The molecule has 2 aromatic heterocycles. The Morgan fingerprint density at radius 1 is 1.13 bits per heavy atom. The third-order valence-electron chi connectivity index (χ3n) is 6.05. The summed E-state index contributed by atoms with van der Waals surface area (Å²) < 4.78 is 6.92. The summed E-state index contributed by atoms with van der Waals surface area (Å²) in [6.45, 7) is 2.53. The zero-order valence-electron chi connectivity index (χ0n) is 17.2. The maximum Gasteiger partial charge on any atom is 0.263 e. The number of amides is 2. The highest BCUT2D eigenvalue weighted by molar-refractivity contribution is 7.22. The summed E-state index contributed by atoms with van der Waals surface area (Å²) in [5.74, 6) is 0.0851. The van der Waals surface area contributed by atoms with Crippen molar-refractivity contribution in [2.24, 2.45) is 5.92 Å². The zero-order valence-corrected chi connectivity index (χ0v) is 18.9. The molecule has 0 aliphatic carbocycles. The van der Waals surface area contributed by atoms with Crippen LogP contribution in [-0.4, -0.2) is 54.0 Å². The molecule has 2 amide bonds. The Kier molecular flexibility index (Phi) is 6.02. The van der Waals surface area contributed by atoms with Gasteiger partial charge in [0.15, 0.2) is 5.13 Å². The van der Waals surface area contributed by atoms with E-state index in [0.29, 0.717) is 32.5 Å². The summed E-state index contributed by atoms with van der Waals surface area (Å²) in [4.78, 5) is 35.5. The number of hydrogen-bond acceptors (Lipinski definition) is 6. The first-order valence-corrected chi connectivity index (χ1v) is 12.5. The molecule has 2 aliphatic rings. The lowest BCUT2D eigenvalue weighted by atomic mass is 9.95. The van der Waals surface area contributed by atoms with Crippen molar-refractivity contribution in [2.75, 3.05) is 31.1 Å². The van der Waals surface area contributed by atoms with Crippen LogP contribution < -0.4 is 4.90 Å². The van der Waals surface area contributed by atoms with Crippen molar-refractivity contribution < 1.29 is 14.3 Å². The number of carbonyl (C=O) groups excluding carboxylic acids is 2. The van der Waals surface area contributed by atoms with Gasteiger partial charge in [-0.3, -0.25) is 14.5 Å². The summed E-state index contributed by atoms with van der Waals surface area (Å²) in [6.07, 6.45) is 3.45. The predicted octanol–water partition coefficient (Wildman–Crippen LogP) is 4.42. The van der Waals surface area contributed by atoms with Crippen molar-refractivity contribution in [3.05, 3.63) is 46.7 Å². The van der Waals surface area contributed by atoms with Crippen molar-refractivity contribution in [3.8, 4) is 0 Å². The Bertz CT molecular complexity index is 1020. The van der Waals surface area contributed by atoms with Crippen molar-refractivity contribution in [1.82, 2.24) is 9.88 Å². The summed E-state index contributed by atoms with van der Waals surface area (Å²) in [5.41, 5.74) is 0.920. The van der Waals surface area contributed by atoms with Crippen molar-refractivity contribution in [3.63, 3.8) is 0 Å². The van der Waals surface area contributed by atoms with Gasteiger partial charge in [-0.1, -0.05) is 29.5 Å². The van der Waals surface area contributed by atoms with Crippen LogP contribution in [0.3, 0.4) is 0 Å². The zero-order chi connectivity index (χ0) is 21.2. The number of likely N-dealkylation sites (tertiary alicyclic amines) is 1. The number of thiophene rings is 1. The molecule has 8 heteroatoms.